The predicted octanol–water partition coefficient (Wildman–Crippen LogP) is 2.71. The van der Waals surface area contributed by atoms with Crippen molar-refractivity contribution in [2.45, 2.75) is 51.9 Å². The molecule has 128 valence electrons. The molecule has 5 nitrogen and oxygen atoms in total. The van der Waals surface area contributed by atoms with Crippen molar-refractivity contribution in [1.82, 2.24) is 5.32 Å². The number of carbonyl (C=O) groups excluding carboxylic acids is 1. The Balaban J connectivity index is 1.71. The van der Waals surface area contributed by atoms with Crippen LogP contribution in [0.15, 0.2) is 24.3 Å². The lowest BCUT2D eigenvalue weighted by Gasteiger charge is -2.12. The average molecular weight is 320 g/mol. The Morgan fingerprint density at radius 1 is 1.39 bits per heavy atom. The van der Waals surface area contributed by atoms with E-state index in [1.165, 1.54) is 0 Å². The Hall–Kier alpha value is -1.43. The van der Waals surface area contributed by atoms with Crippen LogP contribution in [0.1, 0.15) is 38.7 Å². The Morgan fingerprint density at radius 2 is 2.26 bits per heavy atom. The van der Waals surface area contributed by atoms with E-state index in [9.17, 15) is 4.79 Å². The summed E-state index contributed by atoms with van der Waals surface area (Å²) < 4.78 is 11.0. The zero-order valence-corrected chi connectivity index (χ0v) is 14.1. The summed E-state index contributed by atoms with van der Waals surface area (Å²) in [6.07, 6.45) is 3.00. The van der Waals surface area contributed by atoms with Gasteiger partial charge in [0.25, 0.3) is 0 Å². The number of hydrogen-bond donors (Lipinski definition) is 2. The molecule has 2 rings (SSSR count). The van der Waals surface area contributed by atoms with E-state index in [2.05, 4.69) is 10.6 Å². The zero-order valence-electron chi connectivity index (χ0n) is 14.1. The Kier molecular flexibility index (Phi) is 7.52. The van der Waals surface area contributed by atoms with E-state index in [1.807, 2.05) is 38.1 Å². The van der Waals surface area contributed by atoms with Crippen molar-refractivity contribution in [3.63, 3.8) is 0 Å². The highest BCUT2D eigenvalue weighted by atomic mass is 16.5. The van der Waals surface area contributed by atoms with Crippen molar-refractivity contribution in [3.05, 3.63) is 29.8 Å². The minimum Gasteiger partial charge on any atom is -0.376 e. The van der Waals surface area contributed by atoms with Gasteiger partial charge < -0.3 is 20.1 Å². The van der Waals surface area contributed by atoms with Crippen LogP contribution >= 0.6 is 0 Å². The van der Waals surface area contributed by atoms with Gasteiger partial charge in [0.05, 0.1) is 25.9 Å². The van der Waals surface area contributed by atoms with E-state index < -0.39 is 0 Å². The van der Waals surface area contributed by atoms with E-state index in [4.69, 9.17) is 9.47 Å². The molecular formula is C18H28N2O3. The molecule has 1 fully saturated rings. The second-order valence-corrected chi connectivity index (χ2v) is 6.22. The number of rotatable bonds is 9. The van der Waals surface area contributed by atoms with Gasteiger partial charge >= 0.3 is 0 Å². The minimum atomic E-state index is 0.0628. The van der Waals surface area contributed by atoms with Crippen molar-refractivity contribution in [2.75, 3.05) is 25.1 Å². The van der Waals surface area contributed by atoms with Crippen molar-refractivity contribution >= 4 is 11.6 Å². The summed E-state index contributed by atoms with van der Waals surface area (Å²) in [5.74, 6) is 0.0628. The molecule has 0 aromatic heterocycles. The van der Waals surface area contributed by atoms with Crippen molar-refractivity contribution in [2.24, 2.45) is 0 Å². The topological polar surface area (TPSA) is 59.6 Å². The van der Waals surface area contributed by atoms with E-state index in [1.54, 1.807) is 0 Å². The number of hydrogen-bond acceptors (Lipinski definition) is 4. The molecule has 2 N–H and O–H groups in total. The second kappa shape index (κ2) is 9.65. The van der Waals surface area contributed by atoms with Gasteiger partial charge in [-0.05, 0) is 50.9 Å². The Bertz CT molecular complexity index is 485. The van der Waals surface area contributed by atoms with Gasteiger partial charge in [0, 0.05) is 18.2 Å². The van der Waals surface area contributed by atoms with Crippen molar-refractivity contribution in [1.29, 1.82) is 0 Å². The SMILES string of the molecule is CC(C)OCCOCc1cccc(NC(=O)CC2CCCN2)c1. The van der Waals surface area contributed by atoms with Crippen LogP contribution in [-0.4, -0.2) is 37.8 Å². The number of benzene rings is 1. The van der Waals surface area contributed by atoms with Crippen molar-refractivity contribution in [3.8, 4) is 0 Å². The number of carbonyl (C=O) groups is 1. The molecule has 0 spiro atoms. The van der Waals surface area contributed by atoms with Gasteiger partial charge in [0.2, 0.25) is 5.91 Å². The summed E-state index contributed by atoms with van der Waals surface area (Å²) >= 11 is 0. The molecule has 0 bridgehead atoms. The van der Waals surface area contributed by atoms with Gasteiger partial charge in [-0.3, -0.25) is 4.79 Å². The normalized spacial score (nSPS) is 17.6. The number of amides is 1. The van der Waals surface area contributed by atoms with Crippen LogP contribution in [0.4, 0.5) is 5.69 Å². The first-order valence-electron chi connectivity index (χ1n) is 8.45. The molecule has 1 aromatic carbocycles. The molecule has 0 saturated carbocycles. The highest BCUT2D eigenvalue weighted by molar-refractivity contribution is 5.91. The lowest BCUT2D eigenvalue weighted by atomic mass is 10.1. The highest BCUT2D eigenvalue weighted by Gasteiger charge is 2.17. The lowest BCUT2D eigenvalue weighted by molar-refractivity contribution is -0.116. The van der Waals surface area contributed by atoms with Crippen LogP contribution in [0.5, 0.6) is 0 Å². The minimum absolute atomic E-state index is 0.0628. The number of anilines is 1. The average Bonchev–Trinajstić information content (AvgIpc) is 2.99. The first kappa shape index (κ1) is 17.9. The maximum atomic E-state index is 12.0. The fourth-order valence-electron chi connectivity index (χ4n) is 2.64. The fourth-order valence-corrected chi connectivity index (χ4v) is 2.64. The molecule has 1 atom stereocenters. The summed E-state index contributed by atoms with van der Waals surface area (Å²) in [7, 11) is 0. The van der Waals surface area contributed by atoms with Crippen LogP contribution in [0.2, 0.25) is 0 Å². The molecule has 1 amide bonds. The molecule has 1 saturated heterocycles. The zero-order chi connectivity index (χ0) is 16.5. The monoisotopic (exact) mass is 320 g/mol. The van der Waals surface area contributed by atoms with Gasteiger partial charge in [-0.15, -0.1) is 0 Å². The van der Waals surface area contributed by atoms with Gasteiger partial charge in [0.1, 0.15) is 0 Å². The third-order valence-corrected chi connectivity index (χ3v) is 3.75. The standard InChI is InChI=1S/C18H28N2O3/c1-14(2)23-10-9-22-13-15-5-3-6-17(11-15)20-18(21)12-16-7-4-8-19-16/h3,5-6,11,14,16,19H,4,7-10,12-13H2,1-2H3,(H,20,21). The highest BCUT2D eigenvalue weighted by Crippen LogP contribution is 2.14. The van der Waals surface area contributed by atoms with E-state index in [0.717, 1.165) is 30.6 Å². The van der Waals surface area contributed by atoms with Gasteiger partial charge in [-0.2, -0.15) is 0 Å². The van der Waals surface area contributed by atoms with Gasteiger partial charge in [-0.1, -0.05) is 12.1 Å². The Morgan fingerprint density at radius 3 is 3.00 bits per heavy atom. The summed E-state index contributed by atoms with van der Waals surface area (Å²) in [5.41, 5.74) is 1.87. The molecular weight excluding hydrogens is 292 g/mol. The molecule has 0 radical (unpaired) electrons. The second-order valence-electron chi connectivity index (χ2n) is 6.22. The predicted molar refractivity (Wildman–Crippen MR) is 91.5 cm³/mol. The molecule has 5 heteroatoms. The molecule has 1 heterocycles. The van der Waals surface area contributed by atoms with Crippen molar-refractivity contribution < 1.29 is 14.3 Å². The summed E-state index contributed by atoms with van der Waals surface area (Å²) in [5, 5.41) is 6.31. The first-order chi connectivity index (χ1) is 11.1. The number of ether oxygens (including phenoxy) is 2. The lowest BCUT2D eigenvalue weighted by Crippen LogP contribution is -2.27. The summed E-state index contributed by atoms with van der Waals surface area (Å²) in [6, 6.07) is 8.13. The molecule has 0 aliphatic carbocycles. The maximum absolute atomic E-state index is 12.0. The van der Waals surface area contributed by atoms with Crippen LogP contribution in [-0.2, 0) is 20.9 Å². The smallest absolute Gasteiger partial charge is 0.225 e. The summed E-state index contributed by atoms with van der Waals surface area (Å²) in [4.78, 5) is 12.0. The molecule has 1 unspecified atom stereocenters. The molecule has 1 aliphatic heterocycles. The van der Waals surface area contributed by atoms with Crippen LogP contribution < -0.4 is 10.6 Å². The largest absolute Gasteiger partial charge is 0.376 e. The van der Waals surface area contributed by atoms with E-state index in [-0.39, 0.29) is 12.0 Å². The van der Waals surface area contributed by atoms with Crippen LogP contribution in [0, 0.1) is 0 Å². The van der Waals surface area contributed by atoms with E-state index >= 15 is 0 Å². The van der Waals surface area contributed by atoms with E-state index in [0.29, 0.717) is 32.3 Å². The third-order valence-electron chi connectivity index (χ3n) is 3.75. The molecule has 23 heavy (non-hydrogen) atoms. The molecule has 1 aromatic rings. The molecule has 1 aliphatic rings. The number of nitrogens with one attached hydrogen (secondary N) is 2. The van der Waals surface area contributed by atoms with Crippen LogP contribution in [0.25, 0.3) is 0 Å². The summed E-state index contributed by atoms with van der Waals surface area (Å²) in [6.45, 7) is 6.73. The van der Waals surface area contributed by atoms with Gasteiger partial charge in [0.15, 0.2) is 0 Å². The Labute approximate surface area is 138 Å². The third kappa shape index (κ3) is 7.12. The fraction of sp³-hybridized carbons (Fsp3) is 0.611. The first-order valence-corrected chi connectivity index (χ1v) is 8.45. The maximum Gasteiger partial charge on any atom is 0.225 e. The van der Waals surface area contributed by atoms with Crippen LogP contribution in [0.3, 0.4) is 0 Å². The quantitative estimate of drug-likeness (QED) is 0.687. The van der Waals surface area contributed by atoms with Gasteiger partial charge in [-0.25, -0.2) is 0 Å².